The summed E-state index contributed by atoms with van der Waals surface area (Å²) >= 11 is 2.89. The average molecular weight is 375 g/mol. The lowest BCUT2D eigenvalue weighted by molar-refractivity contribution is 0.0736. The second kappa shape index (κ2) is 6.74. The molecule has 0 spiro atoms. The van der Waals surface area contributed by atoms with Crippen molar-refractivity contribution in [3.63, 3.8) is 0 Å². The molecule has 6 nitrogen and oxygen atoms in total. The number of furan rings is 1. The maximum atomic E-state index is 11.7. The molecule has 1 rings (SSSR count). The van der Waals surface area contributed by atoms with Gasteiger partial charge in [-0.25, -0.2) is 8.42 Å². The molecule has 0 aliphatic heterocycles. The Labute approximate surface area is 124 Å². The molecule has 108 valence electrons. The molecule has 0 unspecified atom stereocenters. The summed E-state index contributed by atoms with van der Waals surface area (Å²) in [4.78, 5) is 11.4. The highest BCUT2D eigenvalue weighted by molar-refractivity contribution is 9.10. The minimum atomic E-state index is -3.96. The molecular weight excluding hydrogens is 362 g/mol. The van der Waals surface area contributed by atoms with Crippen molar-refractivity contribution in [2.24, 2.45) is 0 Å². The molecular formula is C10H13BrClNO5S. The molecule has 0 radical (unpaired) electrons. The molecule has 0 atom stereocenters. The maximum Gasteiger partial charge on any atom is 0.287 e. The molecule has 1 aromatic heterocycles. The predicted octanol–water partition coefficient (Wildman–Crippen LogP) is 2.12. The van der Waals surface area contributed by atoms with Crippen molar-refractivity contribution in [1.82, 2.24) is 5.32 Å². The molecule has 1 amide bonds. The number of rotatable bonds is 6. The van der Waals surface area contributed by atoms with Crippen LogP contribution < -0.4 is 5.32 Å². The van der Waals surface area contributed by atoms with Crippen LogP contribution in [0.5, 0.6) is 0 Å². The van der Waals surface area contributed by atoms with Crippen molar-refractivity contribution < 1.29 is 22.4 Å². The van der Waals surface area contributed by atoms with E-state index in [1.165, 1.54) is 0 Å². The van der Waals surface area contributed by atoms with Crippen molar-refractivity contribution in [2.75, 3.05) is 13.2 Å². The number of carbonyl (C=O) groups is 1. The Kier molecular flexibility index (Phi) is 5.84. The first-order chi connectivity index (χ1) is 8.71. The minimum Gasteiger partial charge on any atom is -0.443 e. The van der Waals surface area contributed by atoms with E-state index in [1.54, 1.807) is 0 Å². The van der Waals surface area contributed by atoms with Crippen LogP contribution in [-0.4, -0.2) is 33.6 Å². The van der Waals surface area contributed by atoms with Crippen molar-refractivity contribution in [3.05, 3.63) is 16.5 Å². The minimum absolute atomic E-state index is 0.0719. The third kappa shape index (κ3) is 5.13. The molecule has 0 aliphatic carbocycles. The molecule has 0 aliphatic rings. The van der Waals surface area contributed by atoms with Gasteiger partial charge in [0.25, 0.3) is 15.0 Å². The zero-order valence-corrected chi connectivity index (χ0v) is 13.4. The van der Waals surface area contributed by atoms with E-state index in [4.69, 9.17) is 19.8 Å². The third-order valence-electron chi connectivity index (χ3n) is 1.98. The Hall–Kier alpha value is -0.570. The molecule has 9 heteroatoms. The fourth-order valence-electron chi connectivity index (χ4n) is 1.18. The summed E-state index contributed by atoms with van der Waals surface area (Å²) < 4.78 is 32.4. The Morgan fingerprint density at radius 3 is 2.68 bits per heavy atom. The van der Waals surface area contributed by atoms with E-state index in [1.807, 2.05) is 13.8 Å². The highest BCUT2D eigenvalue weighted by Crippen LogP contribution is 2.28. The van der Waals surface area contributed by atoms with Gasteiger partial charge in [0.15, 0.2) is 10.4 Å². The van der Waals surface area contributed by atoms with E-state index >= 15 is 0 Å². The molecule has 1 aromatic rings. The molecule has 1 N–H and O–H groups in total. The molecule has 1 heterocycles. The Balaban J connectivity index is 2.64. The van der Waals surface area contributed by atoms with Crippen LogP contribution in [0.15, 0.2) is 20.0 Å². The first kappa shape index (κ1) is 16.5. The number of ether oxygens (including phenoxy) is 1. The first-order valence-corrected chi connectivity index (χ1v) is 8.46. The van der Waals surface area contributed by atoms with Crippen molar-refractivity contribution in [2.45, 2.75) is 24.8 Å². The second-order valence-corrected chi connectivity index (χ2v) is 7.12. The van der Waals surface area contributed by atoms with Crippen molar-refractivity contribution >= 4 is 41.6 Å². The quantitative estimate of drug-likeness (QED) is 0.609. The van der Waals surface area contributed by atoms with Crippen molar-refractivity contribution in [3.8, 4) is 0 Å². The number of hydrogen-bond acceptors (Lipinski definition) is 5. The summed E-state index contributed by atoms with van der Waals surface area (Å²) in [5.74, 6) is -0.685. The van der Waals surface area contributed by atoms with Crippen LogP contribution in [0, 0.1) is 0 Å². The zero-order chi connectivity index (χ0) is 14.6. The van der Waals surface area contributed by atoms with Gasteiger partial charge < -0.3 is 14.5 Å². The van der Waals surface area contributed by atoms with Crippen LogP contribution in [0.4, 0.5) is 0 Å². The van der Waals surface area contributed by atoms with Crippen LogP contribution in [0.25, 0.3) is 0 Å². The standard InChI is InChI=1S/C10H13BrClNO5S/c1-6(2)17-4-3-13-10(14)7-5-8(9(11)18-7)19(12,15)16/h5-6H,3-4H2,1-2H3,(H,13,14). The van der Waals surface area contributed by atoms with E-state index in [9.17, 15) is 13.2 Å². The van der Waals surface area contributed by atoms with Gasteiger partial charge in [-0.15, -0.1) is 0 Å². The first-order valence-electron chi connectivity index (χ1n) is 5.35. The lowest BCUT2D eigenvalue weighted by Gasteiger charge is -2.07. The SMILES string of the molecule is CC(C)OCCNC(=O)c1cc(S(=O)(=O)Cl)c(Br)o1. The van der Waals surface area contributed by atoms with Gasteiger partial charge in [-0.05, 0) is 29.8 Å². The Bertz CT molecular complexity index is 554. The average Bonchev–Trinajstić information content (AvgIpc) is 2.66. The largest absolute Gasteiger partial charge is 0.443 e. The summed E-state index contributed by atoms with van der Waals surface area (Å²) in [6.45, 7) is 4.40. The Morgan fingerprint density at radius 2 is 2.21 bits per heavy atom. The number of carbonyl (C=O) groups excluding carboxylic acids is 1. The third-order valence-corrected chi connectivity index (χ3v) is 4.16. The highest BCUT2D eigenvalue weighted by Gasteiger charge is 2.23. The predicted molar refractivity (Wildman–Crippen MR) is 72.9 cm³/mol. The molecule has 0 saturated heterocycles. The highest BCUT2D eigenvalue weighted by atomic mass is 79.9. The van der Waals surface area contributed by atoms with Gasteiger partial charge in [0.05, 0.1) is 12.7 Å². The number of hydrogen-bond donors (Lipinski definition) is 1. The summed E-state index contributed by atoms with van der Waals surface area (Å²) in [6.07, 6.45) is 0.0719. The smallest absolute Gasteiger partial charge is 0.287 e. The number of nitrogens with one attached hydrogen (secondary N) is 1. The molecule has 19 heavy (non-hydrogen) atoms. The lowest BCUT2D eigenvalue weighted by atomic mass is 10.4. The van der Waals surface area contributed by atoms with E-state index < -0.39 is 15.0 Å². The van der Waals surface area contributed by atoms with E-state index in [-0.39, 0.29) is 28.0 Å². The van der Waals surface area contributed by atoms with Gasteiger partial charge in [-0.1, -0.05) is 0 Å². The van der Waals surface area contributed by atoms with Crippen LogP contribution in [0.3, 0.4) is 0 Å². The van der Waals surface area contributed by atoms with E-state index in [2.05, 4.69) is 21.2 Å². The fraction of sp³-hybridized carbons (Fsp3) is 0.500. The monoisotopic (exact) mass is 373 g/mol. The number of amides is 1. The van der Waals surface area contributed by atoms with E-state index in [0.29, 0.717) is 6.61 Å². The Morgan fingerprint density at radius 1 is 1.58 bits per heavy atom. The number of halogens is 2. The zero-order valence-electron chi connectivity index (χ0n) is 10.3. The molecule has 0 bridgehead atoms. The molecule has 0 fully saturated rings. The van der Waals surface area contributed by atoms with Gasteiger partial charge in [-0.3, -0.25) is 4.79 Å². The summed E-state index contributed by atoms with van der Waals surface area (Å²) in [7, 11) is 1.22. The van der Waals surface area contributed by atoms with Crippen molar-refractivity contribution in [1.29, 1.82) is 0 Å². The van der Waals surface area contributed by atoms with Gasteiger partial charge >= 0.3 is 0 Å². The van der Waals surface area contributed by atoms with Crippen LogP contribution in [0.2, 0.25) is 0 Å². The molecule has 0 saturated carbocycles. The van der Waals surface area contributed by atoms with Gasteiger partial charge in [0.1, 0.15) is 4.90 Å². The second-order valence-electron chi connectivity index (χ2n) is 3.86. The lowest BCUT2D eigenvalue weighted by Crippen LogP contribution is -2.27. The molecule has 0 aromatic carbocycles. The summed E-state index contributed by atoms with van der Waals surface area (Å²) in [6, 6.07) is 1.06. The van der Waals surface area contributed by atoms with Crippen LogP contribution in [0.1, 0.15) is 24.4 Å². The maximum absolute atomic E-state index is 11.7. The fourth-order valence-corrected chi connectivity index (χ4v) is 3.21. The van der Waals surface area contributed by atoms with Gasteiger partial charge in [-0.2, -0.15) is 0 Å². The van der Waals surface area contributed by atoms with E-state index in [0.717, 1.165) is 6.07 Å². The van der Waals surface area contributed by atoms with Crippen LogP contribution >= 0.6 is 26.6 Å². The normalized spacial score (nSPS) is 11.8. The summed E-state index contributed by atoms with van der Waals surface area (Å²) in [5, 5.41) is 2.53. The van der Waals surface area contributed by atoms with Crippen LogP contribution in [-0.2, 0) is 13.8 Å². The van der Waals surface area contributed by atoms with Gasteiger partial charge in [0, 0.05) is 23.3 Å². The summed E-state index contributed by atoms with van der Waals surface area (Å²) in [5.41, 5.74) is 0. The van der Waals surface area contributed by atoms with Gasteiger partial charge in [0.2, 0.25) is 0 Å². The topological polar surface area (TPSA) is 85.6 Å².